The van der Waals surface area contributed by atoms with E-state index in [1.54, 1.807) is 30.3 Å². The topological polar surface area (TPSA) is 81.2 Å². The molecule has 3 N–H and O–H groups in total. The van der Waals surface area contributed by atoms with Crippen molar-refractivity contribution in [3.05, 3.63) is 107 Å². The van der Waals surface area contributed by atoms with Crippen molar-refractivity contribution in [3.63, 3.8) is 0 Å². The molecule has 2 heterocycles. The molecule has 5 aromatic rings. The zero-order chi connectivity index (χ0) is 26.9. The third-order valence-corrected chi connectivity index (χ3v) is 8.02. The summed E-state index contributed by atoms with van der Waals surface area (Å²) in [6.45, 7) is 4.49. The molecule has 1 aromatic heterocycles. The van der Waals surface area contributed by atoms with Gasteiger partial charge in [0.1, 0.15) is 5.82 Å². The lowest BCUT2D eigenvalue weighted by molar-refractivity contribution is 0.0697. The molecule has 0 radical (unpaired) electrons. The third kappa shape index (κ3) is 6.32. The third-order valence-electron chi connectivity index (χ3n) is 8.02. The van der Waals surface area contributed by atoms with Gasteiger partial charge in [-0.05, 0) is 78.0 Å². The predicted molar refractivity (Wildman–Crippen MR) is 167 cm³/mol. The normalized spacial score (nSPS) is 17.6. The second kappa shape index (κ2) is 12.9. The number of benzene rings is 4. The van der Waals surface area contributed by atoms with Gasteiger partial charge in [-0.3, -0.25) is 0 Å². The van der Waals surface area contributed by atoms with Crippen LogP contribution in [-0.4, -0.2) is 40.7 Å². The summed E-state index contributed by atoms with van der Waals surface area (Å²) in [5.41, 5.74) is 3.90. The Morgan fingerprint density at radius 2 is 1.85 bits per heavy atom. The Balaban J connectivity index is 0.00000194. The van der Waals surface area contributed by atoms with Crippen LogP contribution in [0.15, 0.2) is 84.9 Å². The first-order valence-electron chi connectivity index (χ1n) is 13.4. The number of hydrogen-bond donors (Lipinski definition) is 3. The van der Waals surface area contributed by atoms with E-state index in [0.717, 1.165) is 30.6 Å². The van der Waals surface area contributed by atoms with Gasteiger partial charge >= 0.3 is 5.97 Å². The Kier molecular flexibility index (Phi) is 9.53. The number of H-pyrrole nitrogens is 1. The Morgan fingerprint density at radius 1 is 1.07 bits per heavy atom. The molecular formula is C32H33Cl2FN4O2. The number of rotatable bonds is 7. The summed E-state index contributed by atoms with van der Waals surface area (Å²) >= 11 is 0. The maximum Gasteiger partial charge on any atom is 0.335 e. The average molecular weight is 596 g/mol. The van der Waals surface area contributed by atoms with E-state index in [4.69, 9.17) is 4.98 Å². The largest absolute Gasteiger partial charge is 0.478 e. The monoisotopic (exact) mass is 594 g/mol. The highest BCUT2D eigenvalue weighted by Gasteiger charge is 2.32. The number of piperidine rings is 1. The fraction of sp³-hybridized carbons (Fsp3) is 0.250. The summed E-state index contributed by atoms with van der Waals surface area (Å²) in [7, 11) is 0. The van der Waals surface area contributed by atoms with Crippen molar-refractivity contribution >= 4 is 58.5 Å². The Hall–Kier alpha value is -3.65. The number of nitrogens with one attached hydrogen (secondary N) is 2. The molecular weight excluding hydrogens is 562 g/mol. The molecule has 2 unspecified atom stereocenters. The van der Waals surface area contributed by atoms with Crippen molar-refractivity contribution in [1.29, 1.82) is 0 Å². The molecule has 0 spiro atoms. The summed E-state index contributed by atoms with van der Waals surface area (Å²) < 4.78 is 14.3. The average Bonchev–Trinajstić information content (AvgIpc) is 3.39. The molecule has 214 valence electrons. The molecule has 0 bridgehead atoms. The summed E-state index contributed by atoms with van der Waals surface area (Å²) in [6.07, 6.45) is 0.911. The molecule has 0 saturated carbocycles. The lowest BCUT2D eigenvalue weighted by Crippen LogP contribution is -2.43. The summed E-state index contributed by atoms with van der Waals surface area (Å²) in [5.74, 6) is -0.0759. The number of carbonyl (C=O) groups is 1. The van der Waals surface area contributed by atoms with Crippen molar-refractivity contribution in [3.8, 4) is 0 Å². The predicted octanol–water partition coefficient (Wildman–Crippen LogP) is 7.36. The van der Waals surface area contributed by atoms with Crippen LogP contribution in [0.5, 0.6) is 0 Å². The smallest absolute Gasteiger partial charge is 0.335 e. The zero-order valence-electron chi connectivity index (χ0n) is 22.6. The second-order valence-electron chi connectivity index (χ2n) is 10.5. The van der Waals surface area contributed by atoms with Crippen molar-refractivity contribution in [2.45, 2.75) is 25.3 Å². The van der Waals surface area contributed by atoms with E-state index >= 15 is 0 Å². The SMILES string of the molecule is C[C@@H](NCC1CCN(c2nc3ccc(C(=O)O)cc3[nH]2)CC1c1cccc(F)c1)c1cccc2ccccc12.Cl.Cl. The number of aromatic amines is 1. The van der Waals surface area contributed by atoms with Gasteiger partial charge in [0, 0.05) is 25.0 Å². The molecule has 6 rings (SSSR count). The summed E-state index contributed by atoms with van der Waals surface area (Å²) in [6, 6.07) is 26.9. The molecule has 9 heteroatoms. The van der Waals surface area contributed by atoms with Crippen LogP contribution < -0.4 is 10.2 Å². The van der Waals surface area contributed by atoms with Gasteiger partial charge in [-0.2, -0.15) is 0 Å². The van der Waals surface area contributed by atoms with E-state index in [1.807, 2.05) is 6.07 Å². The number of nitrogens with zero attached hydrogens (tertiary/aromatic N) is 2. The molecule has 0 amide bonds. The molecule has 4 aromatic carbocycles. The Morgan fingerprint density at radius 3 is 2.66 bits per heavy atom. The number of carboxylic acids is 1. The number of imidazole rings is 1. The van der Waals surface area contributed by atoms with Crippen molar-refractivity contribution < 1.29 is 14.3 Å². The van der Waals surface area contributed by atoms with Gasteiger partial charge in [-0.15, -0.1) is 24.8 Å². The van der Waals surface area contributed by atoms with Crippen LogP contribution in [0.3, 0.4) is 0 Å². The number of hydrogen-bond acceptors (Lipinski definition) is 4. The van der Waals surface area contributed by atoms with Crippen LogP contribution in [-0.2, 0) is 0 Å². The number of anilines is 1. The number of aromatic nitrogens is 2. The number of carboxylic acid groups (broad SMARTS) is 1. The van der Waals surface area contributed by atoms with Crippen LogP contribution in [0.25, 0.3) is 21.8 Å². The second-order valence-corrected chi connectivity index (χ2v) is 10.5. The van der Waals surface area contributed by atoms with Crippen LogP contribution in [0.1, 0.15) is 46.8 Å². The van der Waals surface area contributed by atoms with Crippen molar-refractivity contribution in [2.75, 3.05) is 24.5 Å². The van der Waals surface area contributed by atoms with Gasteiger partial charge in [0.25, 0.3) is 0 Å². The minimum absolute atomic E-state index is 0. The van der Waals surface area contributed by atoms with Gasteiger partial charge in [0.05, 0.1) is 16.6 Å². The standard InChI is InChI=1S/C32H31FN4O2.2ClH/c1-20(26-11-5-7-21-6-2-3-10-27(21)26)34-18-24-14-15-37(19-28(24)22-8-4-9-25(33)16-22)32-35-29-13-12-23(31(38)39)17-30(29)36-32;;/h2-13,16-17,20,24,28,34H,14-15,18-19H2,1H3,(H,35,36)(H,38,39);2*1H/t20-,24?,28?;;/m1../s1. The zero-order valence-corrected chi connectivity index (χ0v) is 24.2. The minimum Gasteiger partial charge on any atom is -0.478 e. The quantitative estimate of drug-likeness (QED) is 0.183. The molecule has 1 aliphatic heterocycles. The van der Waals surface area contributed by atoms with E-state index in [2.05, 4.69) is 64.6 Å². The number of halogens is 3. The van der Waals surface area contributed by atoms with Crippen LogP contribution >= 0.6 is 24.8 Å². The maximum atomic E-state index is 14.3. The van der Waals surface area contributed by atoms with E-state index in [1.165, 1.54) is 22.4 Å². The van der Waals surface area contributed by atoms with Gasteiger partial charge in [0.15, 0.2) is 0 Å². The summed E-state index contributed by atoms with van der Waals surface area (Å²) in [5, 5.41) is 15.6. The summed E-state index contributed by atoms with van der Waals surface area (Å²) in [4.78, 5) is 21.6. The van der Waals surface area contributed by atoms with Gasteiger partial charge in [0.2, 0.25) is 5.95 Å². The molecule has 1 fully saturated rings. The van der Waals surface area contributed by atoms with Crippen molar-refractivity contribution in [1.82, 2.24) is 15.3 Å². The molecule has 6 nitrogen and oxygen atoms in total. The molecule has 0 aliphatic carbocycles. The first kappa shape index (κ1) is 30.3. The first-order chi connectivity index (χ1) is 19.0. The number of fused-ring (bicyclic) bond motifs is 2. The van der Waals surface area contributed by atoms with Crippen LogP contribution in [0.4, 0.5) is 10.3 Å². The first-order valence-corrected chi connectivity index (χ1v) is 13.4. The van der Waals surface area contributed by atoms with Crippen LogP contribution in [0.2, 0.25) is 0 Å². The highest BCUT2D eigenvalue weighted by atomic mass is 35.5. The maximum absolute atomic E-state index is 14.3. The molecule has 1 saturated heterocycles. The highest BCUT2D eigenvalue weighted by Crippen LogP contribution is 2.35. The minimum atomic E-state index is -0.967. The molecule has 1 aliphatic rings. The number of aromatic carboxylic acids is 1. The molecule has 41 heavy (non-hydrogen) atoms. The fourth-order valence-corrected chi connectivity index (χ4v) is 5.90. The molecule has 3 atom stereocenters. The fourth-order valence-electron chi connectivity index (χ4n) is 5.90. The van der Waals surface area contributed by atoms with Crippen LogP contribution in [0, 0.1) is 11.7 Å². The van der Waals surface area contributed by atoms with E-state index in [9.17, 15) is 14.3 Å². The Bertz CT molecular complexity index is 1650. The lowest BCUT2D eigenvalue weighted by Gasteiger charge is -2.39. The Labute approximate surface area is 250 Å². The highest BCUT2D eigenvalue weighted by molar-refractivity contribution is 5.92. The van der Waals surface area contributed by atoms with Gasteiger partial charge < -0.3 is 20.3 Å². The van der Waals surface area contributed by atoms with E-state index in [0.29, 0.717) is 23.9 Å². The van der Waals surface area contributed by atoms with Gasteiger partial charge in [-0.1, -0.05) is 54.6 Å². The van der Waals surface area contributed by atoms with Crippen molar-refractivity contribution in [2.24, 2.45) is 5.92 Å². The van der Waals surface area contributed by atoms with E-state index < -0.39 is 5.97 Å². The van der Waals surface area contributed by atoms with E-state index in [-0.39, 0.29) is 48.2 Å². The lowest BCUT2D eigenvalue weighted by atomic mass is 9.80. The van der Waals surface area contributed by atoms with Gasteiger partial charge in [-0.25, -0.2) is 14.2 Å².